The monoisotopic (exact) mass is 478 g/mol. The highest BCUT2D eigenvalue weighted by molar-refractivity contribution is 6.08. The van der Waals surface area contributed by atoms with Gasteiger partial charge >= 0.3 is 12.1 Å². The van der Waals surface area contributed by atoms with Crippen LogP contribution in [0.3, 0.4) is 0 Å². The lowest BCUT2D eigenvalue weighted by Crippen LogP contribution is -2.53. The zero-order valence-corrected chi connectivity index (χ0v) is 18.7. The molecule has 12 nitrogen and oxygen atoms in total. The molecule has 0 aromatic carbocycles. The minimum atomic E-state index is -1.64. The number of aromatic nitrogens is 1. The molecule has 0 spiro atoms. The number of likely N-dealkylation sites (tertiary alicyclic amines) is 1. The first-order chi connectivity index (χ1) is 16.9. The van der Waals surface area contributed by atoms with Crippen LogP contribution in [0.2, 0.25) is 0 Å². The normalized spacial score (nSPS) is 27.7. The van der Waals surface area contributed by atoms with Crippen molar-refractivity contribution < 1.29 is 28.3 Å². The molecule has 3 fully saturated rings. The Bertz CT molecular complexity index is 1350. The Balaban J connectivity index is 1.39. The van der Waals surface area contributed by atoms with Gasteiger partial charge in [0.2, 0.25) is 5.91 Å². The van der Waals surface area contributed by atoms with Gasteiger partial charge < -0.3 is 24.7 Å². The molecule has 2 aromatic rings. The summed E-state index contributed by atoms with van der Waals surface area (Å²) in [6.45, 7) is 1.17. The Labute approximate surface area is 198 Å². The number of nitrogens with zero attached hydrogens (tertiary/aromatic N) is 3. The number of carbonyl (C=O) groups excluding carboxylic acids is 4. The number of amides is 6. The fourth-order valence-electron chi connectivity index (χ4n) is 5.15. The van der Waals surface area contributed by atoms with E-state index in [4.69, 9.17) is 9.15 Å². The molecule has 2 unspecified atom stereocenters. The molecule has 2 aromatic heterocycles. The van der Waals surface area contributed by atoms with Crippen molar-refractivity contribution in [3.63, 3.8) is 0 Å². The molecule has 3 N–H and O–H groups in total. The third kappa shape index (κ3) is 3.16. The van der Waals surface area contributed by atoms with Gasteiger partial charge in [0.05, 0.1) is 25.0 Å². The molecule has 3 saturated heterocycles. The minimum absolute atomic E-state index is 0.0706. The Kier molecular flexibility index (Phi) is 4.59. The topological polar surface area (TPSA) is 146 Å². The second-order valence-corrected chi connectivity index (χ2v) is 8.89. The fourth-order valence-corrected chi connectivity index (χ4v) is 5.15. The van der Waals surface area contributed by atoms with Crippen LogP contribution in [0.15, 0.2) is 46.7 Å². The van der Waals surface area contributed by atoms with Crippen molar-refractivity contribution in [3.8, 4) is 0 Å². The number of imide groups is 1. The number of hydrogen-bond acceptors (Lipinski definition) is 7. The van der Waals surface area contributed by atoms with Crippen LogP contribution in [-0.4, -0.2) is 67.0 Å². The van der Waals surface area contributed by atoms with Crippen molar-refractivity contribution in [2.45, 2.75) is 5.54 Å². The van der Waals surface area contributed by atoms with Gasteiger partial charge in [0.15, 0.2) is 5.54 Å². The van der Waals surface area contributed by atoms with E-state index in [0.717, 1.165) is 0 Å². The predicted molar refractivity (Wildman–Crippen MR) is 121 cm³/mol. The summed E-state index contributed by atoms with van der Waals surface area (Å²) < 4.78 is 11.3. The molecule has 4 aliphatic rings. The Hall–Kier alpha value is -4.35. The Morgan fingerprint density at radius 3 is 2.86 bits per heavy atom. The fraction of sp³-hybridized carbons (Fsp3) is 0.348. The highest BCUT2D eigenvalue weighted by Gasteiger charge is 2.54. The molecule has 0 saturated carbocycles. The van der Waals surface area contributed by atoms with Crippen LogP contribution >= 0.6 is 0 Å². The summed E-state index contributed by atoms with van der Waals surface area (Å²) in [5.41, 5.74) is -1.24. The zero-order valence-electron chi connectivity index (χ0n) is 18.7. The number of hydrogen-bond donors (Lipinski definition) is 3. The van der Waals surface area contributed by atoms with E-state index in [1.165, 1.54) is 18.2 Å². The van der Waals surface area contributed by atoms with Crippen LogP contribution in [0.4, 0.5) is 15.4 Å². The maximum Gasteiger partial charge on any atom is 0.323 e. The van der Waals surface area contributed by atoms with E-state index in [2.05, 4.69) is 20.9 Å². The highest BCUT2D eigenvalue weighted by atomic mass is 16.5. The first-order valence-corrected chi connectivity index (χ1v) is 11.2. The molecule has 0 radical (unpaired) electrons. The summed E-state index contributed by atoms with van der Waals surface area (Å²) in [6, 6.07) is 2.26. The number of rotatable bonds is 5. The first-order valence-electron chi connectivity index (χ1n) is 11.2. The third-order valence-electron chi connectivity index (χ3n) is 6.90. The van der Waals surface area contributed by atoms with Crippen molar-refractivity contribution in [3.05, 3.63) is 48.1 Å². The maximum absolute atomic E-state index is 13.2. The van der Waals surface area contributed by atoms with Crippen LogP contribution in [0.1, 0.15) is 5.76 Å². The molecular weight excluding hydrogens is 456 g/mol. The summed E-state index contributed by atoms with van der Waals surface area (Å²) in [6.07, 6.45) is 7.02. The van der Waals surface area contributed by atoms with E-state index in [-0.39, 0.29) is 30.2 Å². The molecule has 0 bridgehead atoms. The van der Waals surface area contributed by atoms with Crippen LogP contribution in [0, 0.1) is 11.8 Å². The van der Waals surface area contributed by atoms with Gasteiger partial charge in [0.25, 0.3) is 5.91 Å². The molecular formula is C23H22N6O6. The standard InChI is InChI=1S/C23H22N6O6/c1-34-13-3-2-12-10-28(19(30)14(12)8-13)11-23(20(31)26-21(32)27-23)17-9-15-16(35-17)4-5-24-18(15)29-7-6-25-22(29)33/h2-5,8-9,12,14H,6-7,10-11H2,1H3,(H,25,33)(H2,26,27,31,32)/t12?,14?,23-/m0/s1. The van der Waals surface area contributed by atoms with E-state index in [1.807, 2.05) is 12.2 Å². The lowest BCUT2D eigenvalue weighted by Gasteiger charge is -2.29. The average Bonchev–Trinajstić information content (AvgIpc) is 3.60. The van der Waals surface area contributed by atoms with Crippen molar-refractivity contribution in [2.24, 2.45) is 11.8 Å². The number of furan rings is 1. The lowest BCUT2D eigenvalue weighted by atomic mass is 9.91. The first kappa shape index (κ1) is 21.2. The van der Waals surface area contributed by atoms with Crippen molar-refractivity contribution in [1.82, 2.24) is 25.8 Å². The summed E-state index contributed by atoms with van der Waals surface area (Å²) in [5.74, 6) is -0.137. The van der Waals surface area contributed by atoms with Crippen LogP contribution in [0.5, 0.6) is 0 Å². The van der Waals surface area contributed by atoms with E-state index in [0.29, 0.717) is 42.2 Å². The van der Waals surface area contributed by atoms with E-state index in [1.54, 1.807) is 23.1 Å². The smallest absolute Gasteiger partial charge is 0.323 e. The summed E-state index contributed by atoms with van der Waals surface area (Å²) in [4.78, 5) is 58.3. The highest BCUT2D eigenvalue weighted by Crippen LogP contribution is 2.38. The molecule has 3 atom stereocenters. The van der Waals surface area contributed by atoms with Gasteiger partial charge in [-0.15, -0.1) is 0 Å². The number of urea groups is 2. The number of nitrogens with one attached hydrogen (secondary N) is 3. The molecule has 1 aliphatic carbocycles. The summed E-state index contributed by atoms with van der Waals surface area (Å²) in [7, 11) is 1.54. The second kappa shape index (κ2) is 7.58. The number of anilines is 1. The molecule has 180 valence electrons. The largest absolute Gasteiger partial charge is 0.497 e. The average molecular weight is 478 g/mol. The van der Waals surface area contributed by atoms with Gasteiger partial charge in [-0.3, -0.25) is 19.8 Å². The number of allylic oxidation sites excluding steroid dienone is 1. The quantitative estimate of drug-likeness (QED) is 0.533. The van der Waals surface area contributed by atoms with Gasteiger partial charge in [-0.05, 0) is 24.3 Å². The van der Waals surface area contributed by atoms with Crippen molar-refractivity contribution in [2.75, 3.05) is 38.2 Å². The Morgan fingerprint density at radius 1 is 1.29 bits per heavy atom. The summed E-state index contributed by atoms with van der Waals surface area (Å²) in [5, 5.41) is 8.20. The van der Waals surface area contributed by atoms with Gasteiger partial charge in [-0.25, -0.2) is 14.6 Å². The van der Waals surface area contributed by atoms with Crippen LogP contribution < -0.4 is 20.9 Å². The number of methoxy groups -OCH3 is 1. The number of fused-ring (bicyclic) bond motifs is 2. The molecule has 6 amide bonds. The lowest BCUT2D eigenvalue weighted by molar-refractivity contribution is -0.133. The van der Waals surface area contributed by atoms with E-state index in [9.17, 15) is 19.2 Å². The van der Waals surface area contributed by atoms with Crippen LogP contribution in [-0.2, 0) is 19.9 Å². The second-order valence-electron chi connectivity index (χ2n) is 8.89. The zero-order chi connectivity index (χ0) is 24.3. The molecule has 5 heterocycles. The van der Waals surface area contributed by atoms with Gasteiger partial charge in [0.1, 0.15) is 22.9 Å². The third-order valence-corrected chi connectivity index (χ3v) is 6.90. The molecule has 35 heavy (non-hydrogen) atoms. The van der Waals surface area contributed by atoms with Gasteiger partial charge in [-0.1, -0.05) is 6.08 Å². The SMILES string of the molecule is COC1=CC2C(=O)N(C[C@@]3(c4cc5c(N6CCNC6=O)nccc5o4)NC(=O)NC3=O)CC2C=C1. The number of ether oxygens (including phenoxy) is 1. The van der Waals surface area contributed by atoms with Crippen molar-refractivity contribution in [1.29, 1.82) is 0 Å². The minimum Gasteiger partial charge on any atom is -0.497 e. The molecule has 12 heteroatoms. The van der Waals surface area contributed by atoms with Crippen molar-refractivity contribution >= 4 is 40.7 Å². The Morgan fingerprint density at radius 2 is 2.14 bits per heavy atom. The van der Waals surface area contributed by atoms with Crippen LogP contribution in [0.25, 0.3) is 11.0 Å². The van der Waals surface area contributed by atoms with E-state index < -0.39 is 23.4 Å². The molecule has 3 aliphatic heterocycles. The van der Waals surface area contributed by atoms with Gasteiger partial charge in [-0.2, -0.15) is 0 Å². The summed E-state index contributed by atoms with van der Waals surface area (Å²) >= 11 is 0. The number of carbonyl (C=O) groups is 4. The maximum atomic E-state index is 13.2. The number of pyridine rings is 1. The predicted octanol–water partition coefficient (Wildman–Crippen LogP) is 0.567. The van der Waals surface area contributed by atoms with E-state index >= 15 is 0 Å². The van der Waals surface area contributed by atoms with Gasteiger partial charge in [0, 0.05) is 31.7 Å². The molecule has 6 rings (SSSR count).